The van der Waals surface area contributed by atoms with Gasteiger partial charge in [0.05, 0.1) is 12.8 Å². The van der Waals surface area contributed by atoms with Gasteiger partial charge in [-0.25, -0.2) is 9.98 Å². The lowest BCUT2D eigenvalue weighted by Crippen LogP contribution is -2.26. The Labute approximate surface area is 193 Å². The van der Waals surface area contributed by atoms with Crippen LogP contribution >= 0.6 is 24.8 Å². The van der Waals surface area contributed by atoms with Crippen LogP contribution in [0.1, 0.15) is 16.9 Å². The average Bonchev–Trinajstić information content (AvgIpc) is 3.44. The zero-order valence-electron chi connectivity index (χ0n) is 16.7. The summed E-state index contributed by atoms with van der Waals surface area (Å²) in [6.07, 6.45) is 4.30. The normalized spacial score (nSPS) is 12.8. The summed E-state index contributed by atoms with van der Waals surface area (Å²) in [4.78, 5) is 13.0. The van der Waals surface area contributed by atoms with E-state index in [1.54, 1.807) is 6.26 Å². The molecular weight excluding hydrogens is 437 g/mol. The van der Waals surface area contributed by atoms with Gasteiger partial charge in [-0.2, -0.15) is 0 Å². The van der Waals surface area contributed by atoms with Crippen LogP contribution in [-0.2, 0) is 13.0 Å². The molecule has 8 nitrogen and oxygen atoms in total. The van der Waals surface area contributed by atoms with Gasteiger partial charge in [0.2, 0.25) is 0 Å². The van der Waals surface area contributed by atoms with Crippen LogP contribution in [0.2, 0.25) is 0 Å². The summed E-state index contributed by atoms with van der Waals surface area (Å²) < 4.78 is 5.24. The van der Waals surface area contributed by atoms with E-state index in [0.29, 0.717) is 12.5 Å². The maximum Gasteiger partial charge on any atom is 0.197 e. The van der Waals surface area contributed by atoms with Gasteiger partial charge in [-0.05, 0) is 47.9 Å². The molecule has 0 amide bonds. The molecule has 0 bridgehead atoms. The van der Waals surface area contributed by atoms with E-state index in [-0.39, 0.29) is 24.8 Å². The molecule has 0 fully saturated rings. The fraction of sp³-hybridized carbons (Fsp3) is 0.190. The number of furan rings is 1. The summed E-state index contributed by atoms with van der Waals surface area (Å²) in [7, 11) is 0. The number of halogens is 2. The van der Waals surface area contributed by atoms with Gasteiger partial charge < -0.3 is 26.1 Å². The number of rotatable bonds is 6. The number of hydrogen-bond acceptors (Lipinski definition) is 6. The molecule has 1 aliphatic heterocycles. The minimum Gasteiger partial charge on any atom is -0.467 e. The summed E-state index contributed by atoms with van der Waals surface area (Å²) in [5.41, 5.74) is 9.14. The minimum atomic E-state index is 0. The molecule has 3 aromatic rings. The maximum absolute atomic E-state index is 5.93. The van der Waals surface area contributed by atoms with Crippen molar-refractivity contribution in [3.8, 4) is 0 Å². The van der Waals surface area contributed by atoms with Crippen molar-refractivity contribution < 1.29 is 4.42 Å². The Morgan fingerprint density at radius 1 is 1.10 bits per heavy atom. The zero-order valence-corrected chi connectivity index (χ0v) is 18.4. The highest BCUT2D eigenvalue weighted by molar-refractivity contribution is 5.93. The number of nitrogens with one attached hydrogen (secondary N) is 3. The molecule has 10 heteroatoms. The highest BCUT2D eigenvalue weighted by Gasteiger charge is 2.06. The second kappa shape index (κ2) is 11.8. The Balaban J connectivity index is 0.00000171. The van der Waals surface area contributed by atoms with E-state index in [9.17, 15) is 0 Å². The average molecular weight is 462 g/mol. The Kier molecular flexibility index (Phi) is 9.17. The van der Waals surface area contributed by atoms with Crippen LogP contribution < -0.4 is 21.7 Å². The third-order valence-corrected chi connectivity index (χ3v) is 4.37. The Hall–Kier alpha value is -3.23. The first-order valence-electron chi connectivity index (χ1n) is 9.43. The molecule has 5 N–H and O–H groups in total. The number of guanidine groups is 2. The van der Waals surface area contributed by atoms with Crippen LogP contribution in [0, 0.1) is 0 Å². The molecule has 31 heavy (non-hydrogen) atoms. The van der Waals surface area contributed by atoms with Crippen LogP contribution in [0.4, 0.5) is 11.5 Å². The van der Waals surface area contributed by atoms with E-state index in [2.05, 4.69) is 49.1 Å². The van der Waals surface area contributed by atoms with Gasteiger partial charge in [0.1, 0.15) is 18.1 Å². The molecular formula is C21H25Cl2N7O. The van der Waals surface area contributed by atoms with E-state index in [4.69, 9.17) is 10.2 Å². The molecule has 1 aromatic carbocycles. The number of pyridine rings is 1. The molecule has 1 aliphatic rings. The lowest BCUT2D eigenvalue weighted by Gasteiger charge is -2.08. The monoisotopic (exact) mass is 461 g/mol. The third-order valence-electron chi connectivity index (χ3n) is 4.37. The fourth-order valence-electron chi connectivity index (χ4n) is 2.90. The van der Waals surface area contributed by atoms with E-state index >= 15 is 0 Å². The summed E-state index contributed by atoms with van der Waals surface area (Å²) in [6.45, 7) is 2.07. The van der Waals surface area contributed by atoms with E-state index < -0.39 is 0 Å². The number of hydrogen-bond donors (Lipinski definition) is 4. The van der Waals surface area contributed by atoms with Gasteiger partial charge in [-0.1, -0.05) is 18.2 Å². The number of aromatic nitrogens is 1. The third kappa shape index (κ3) is 7.20. The van der Waals surface area contributed by atoms with Crippen molar-refractivity contribution in [1.82, 2.24) is 10.3 Å². The molecule has 0 saturated carbocycles. The Bertz CT molecular complexity index is 988. The minimum absolute atomic E-state index is 0. The lowest BCUT2D eigenvalue weighted by atomic mass is 10.1. The van der Waals surface area contributed by atoms with Crippen molar-refractivity contribution in [1.29, 1.82) is 0 Å². The van der Waals surface area contributed by atoms with Gasteiger partial charge in [0, 0.05) is 18.4 Å². The SMILES string of the molecule is Cl.Cl.NC(=NCc1ccco1)Nc1ccc(Cc2ccc(NC3=NCCN3)nc2)cc1. The van der Waals surface area contributed by atoms with Crippen LogP contribution in [0.3, 0.4) is 0 Å². The highest BCUT2D eigenvalue weighted by Crippen LogP contribution is 2.14. The van der Waals surface area contributed by atoms with Crippen molar-refractivity contribution >= 4 is 48.2 Å². The van der Waals surface area contributed by atoms with E-state index in [1.165, 1.54) is 5.56 Å². The van der Waals surface area contributed by atoms with Crippen molar-refractivity contribution in [2.45, 2.75) is 13.0 Å². The van der Waals surface area contributed by atoms with Crippen LogP contribution in [0.15, 0.2) is 75.4 Å². The second-order valence-electron chi connectivity index (χ2n) is 6.61. The number of nitrogens with two attached hydrogens (primary N) is 1. The van der Waals surface area contributed by atoms with Gasteiger partial charge in [0.25, 0.3) is 0 Å². The van der Waals surface area contributed by atoms with Gasteiger partial charge in [-0.15, -0.1) is 24.8 Å². The fourth-order valence-corrected chi connectivity index (χ4v) is 2.90. The first-order chi connectivity index (χ1) is 14.2. The number of aliphatic imine (C=N–C) groups is 2. The van der Waals surface area contributed by atoms with Crippen LogP contribution in [-0.4, -0.2) is 30.0 Å². The van der Waals surface area contributed by atoms with E-state index in [1.807, 2.05) is 36.5 Å². The maximum atomic E-state index is 5.93. The summed E-state index contributed by atoms with van der Waals surface area (Å²) in [5.74, 6) is 2.68. The molecule has 164 valence electrons. The summed E-state index contributed by atoms with van der Waals surface area (Å²) >= 11 is 0. The molecule has 2 aromatic heterocycles. The summed E-state index contributed by atoms with van der Waals surface area (Å²) in [6, 6.07) is 15.8. The zero-order chi connectivity index (χ0) is 19.9. The smallest absolute Gasteiger partial charge is 0.197 e. The Morgan fingerprint density at radius 3 is 2.55 bits per heavy atom. The van der Waals surface area contributed by atoms with Crippen LogP contribution in [0.25, 0.3) is 0 Å². The molecule has 0 spiro atoms. The Morgan fingerprint density at radius 2 is 1.90 bits per heavy atom. The number of benzene rings is 1. The number of nitrogens with zero attached hydrogens (tertiary/aromatic N) is 3. The van der Waals surface area contributed by atoms with Gasteiger partial charge in [0.15, 0.2) is 11.9 Å². The molecule has 3 heterocycles. The molecule has 0 aliphatic carbocycles. The van der Waals surface area contributed by atoms with Crippen LogP contribution in [0.5, 0.6) is 0 Å². The largest absolute Gasteiger partial charge is 0.467 e. The molecule has 0 radical (unpaired) electrons. The van der Waals surface area contributed by atoms with Crippen molar-refractivity contribution in [2.75, 3.05) is 23.7 Å². The highest BCUT2D eigenvalue weighted by atomic mass is 35.5. The first kappa shape index (κ1) is 24.0. The lowest BCUT2D eigenvalue weighted by molar-refractivity contribution is 0.513. The standard InChI is InChI=1S/C21H23N7O.2ClH/c22-20(26-14-18-2-1-11-29-18)27-17-6-3-15(4-7-17)12-16-5-8-19(25-13-16)28-21-23-9-10-24-21;;/h1-8,11,13H,9-10,12,14H2,(H3,22,26,27)(H2,23,24,25,28);2*1H. The summed E-state index contributed by atoms with van der Waals surface area (Å²) in [5, 5.41) is 9.42. The molecule has 0 atom stereocenters. The van der Waals surface area contributed by atoms with Gasteiger partial charge in [-0.3, -0.25) is 4.99 Å². The topological polar surface area (TPSA) is 113 Å². The second-order valence-corrected chi connectivity index (χ2v) is 6.61. The predicted molar refractivity (Wildman–Crippen MR) is 130 cm³/mol. The van der Waals surface area contributed by atoms with Crippen molar-refractivity contribution in [2.24, 2.45) is 15.7 Å². The molecule has 0 saturated heterocycles. The number of anilines is 2. The quantitative estimate of drug-likeness (QED) is 0.330. The molecule has 0 unspecified atom stereocenters. The molecule has 4 rings (SSSR count). The first-order valence-corrected chi connectivity index (χ1v) is 9.43. The predicted octanol–water partition coefficient (Wildman–Crippen LogP) is 3.41. The van der Waals surface area contributed by atoms with Crippen molar-refractivity contribution in [3.05, 3.63) is 77.9 Å². The van der Waals surface area contributed by atoms with Gasteiger partial charge >= 0.3 is 0 Å². The van der Waals surface area contributed by atoms with E-state index in [0.717, 1.165) is 48.3 Å². The van der Waals surface area contributed by atoms with Crippen molar-refractivity contribution in [3.63, 3.8) is 0 Å².